The van der Waals surface area contributed by atoms with E-state index in [-0.39, 0.29) is 24.1 Å². The van der Waals surface area contributed by atoms with Gasteiger partial charge >= 0.3 is 6.61 Å². The fourth-order valence-electron chi connectivity index (χ4n) is 2.57. The summed E-state index contributed by atoms with van der Waals surface area (Å²) in [7, 11) is 0. The number of carbonyl (C=O) groups is 1. The van der Waals surface area contributed by atoms with E-state index in [1.54, 1.807) is 19.1 Å². The zero-order chi connectivity index (χ0) is 15.5. The predicted octanol–water partition coefficient (Wildman–Crippen LogP) is 3.62. The highest BCUT2D eigenvalue weighted by atomic mass is 35.5. The number of amides is 1. The van der Waals surface area contributed by atoms with Crippen LogP contribution in [0.1, 0.15) is 37.7 Å². The fourth-order valence-corrected chi connectivity index (χ4v) is 2.57. The first-order valence-corrected chi connectivity index (χ1v) is 7.06. The molecule has 0 unspecified atom stereocenters. The number of nitrogens with two attached hydrogens (primary N) is 1. The third-order valence-corrected chi connectivity index (χ3v) is 3.86. The van der Waals surface area contributed by atoms with Crippen LogP contribution >= 0.6 is 12.4 Å². The monoisotopic (exact) mass is 334 g/mol. The maximum atomic E-state index is 12.3. The van der Waals surface area contributed by atoms with Gasteiger partial charge in [0.1, 0.15) is 5.75 Å². The maximum Gasteiger partial charge on any atom is 0.387 e. The van der Waals surface area contributed by atoms with E-state index in [1.165, 1.54) is 6.07 Å². The SMILES string of the molecule is Cc1ccc(NC(=O)C2(N)CCCCC2)cc1OC(F)F.Cl. The van der Waals surface area contributed by atoms with Crippen LogP contribution in [0.25, 0.3) is 0 Å². The molecule has 1 aromatic rings. The van der Waals surface area contributed by atoms with Crippen LogP contribution in [0.4, 0.5) is 14.5 Å². The molecule has 1 aliphatic rings. The van der Waals surface area contributed by atoms with Gasteiger partial charge in [0.05, 0.1) is 5.54 Å². The third kappa shape index (κ3) is 4.55. The second-order valence-electron chi connectivity index (χ2n) is 5.53. The van der Waals surface area contributed by atoms with Gasteiger partial charge in [0.2, 0.25) is 5.91 Å². The standard InChI is InChI=1S/C15H20F2N2O2.ClH/c1-10-5-6-11(9-12(10)21-14(16)17)19-13(20)15(18)7-3-2-4-8-15;/h5-6,9,14H,2-4,7-8,18H2,1H3,(H,19,20);1H. The number of hydrogen-bond donors (Lipinski definition) is 2. The highest BCUT2D eigenvalue weighted by molar-refractivity contribution is 5.98. The molecule has 1 saturated carbocycles. The van der Waals surface area contributed by atoms with Crippen molar-refractivity contribution in [1.82, 2.24) is 0 Å². The Bertz CT molecular complexity index is 520. The third-order valence-electron chi connectivity index (χ3n) is 3.86. The van der Waals surface area contributed by atoms with Crippen molar-refractivity contribution in [2.75, 3.05) is 5.32 Å². The molecule has 3 N–H and O–H groups in total. The average molecular weight is 335 g/mol. The lowest BCUT2D eigenvalue weighted by molar-refractivity contribution is -0.122. The number of hydrogen-bond acceptors (Lipinski definition) is 3. The van der Waals surface area contributed by atoms with Crippen LogP contribution in [0.15, 0.2) is 18.2 Å². The predicted molar refractivity (Wildman–Crippen MR) is 83.7 cm³/mol. The summed E-state index contributed by atoms with van der Waals surface area (Å²) in [6.07, 6.45) is 4.23. The van der Waals surface area contributed by atoms with Gasteiger partial charge in [0.15, 0.2) is 0 Å². The van der Waals surface area contributed by atoms with E-state index in [9.17, 15) is 13.6 Å². The molecule has 0 bridgehead atoms. The minimum absolute atomic E-state index is 0. The summed E-state index contributed by atoms with van der Waals surface area (Å²) in [5.41, 5.74) is 6.26. The van der Waals surface area contributed by atoms with Gasteiger partial charge in [0, 0.05) is 11.8 Å². The molecule has 4 nitrogen and oxygen atoms in total. The van der Waals surface area contributed by atoms with Crippen LogP contribution in [0, 0.1) is 6.92 Å². The Hall–Kier alpha value is -1.40. The number of nitrogens with one attached hydrogen (secondary N) is 1. The lowest BCUT2D eigenvalue weighted by Crippen LogP contribution is -2.52. The summed E-state index contributed by atoms with van der Waals surface area (Å²) in [4.78, 5) is 12.3. The van der Waals surface area contributed by atoms with Gasteiger partial charge in [-0.15, -0.1) is 12.4 Å². The highest BCUT2D eigenvalue weighted by Crippen LogP contribution is 2.29. The number of benzene rings is 1. The Labute approximate surface area is 134 Å². The number of halogens is 3. The highest BCUT2D eigenvalue weighted by Gasteiger charge is 2.35. The Morgan fingerprint density at radius 1 is 1.32 bits per heavy atom. The molecule has 0 spiro atoms. The molecule has 124 valence electrons. The van der Waals surface area contributed by atoms with E-state index in [0.29, 0.717) is 24.1 Å². The van der Waals surface area contributed by atoms with E-state index in [0.717, 1.165) is 19.3 Å². The van der Waals surface area contributed by atoms with Crippen molar-refractivity contribution in [2.45, 2.75) is 51.2 Å². The second kappa shape index (κ2) is 7.74. The minimum Gasteiger partial charge on any atom is -0.434 e. The molecule has 0 aliphatic heterocycles. The summed E-state index contributed by atoms with van der Waals surface area (Å²) in [5.74, 6) is -0.216. The Kier molecular flexibility index (Phi) is 6.56. The zero-order valence-electron chi connectivity index (χ0n) is 12.4. The van der Waals surface area contributed by atoms with Crippen LogP contribution in [-0.2, 0) is 4.79 Å². The molecule has 1 aromatic carbocycles. The molecule has 0 heterocycles. The molecule has 0 radical (unpaired) electrons. The zero-order valence-corrected chi connectivity index (χ0v) is 13.2. The first-order valence-electron chi connectivity index (χ1n) is 7.06. The first-order chi connectivity index (χ1) is 9.90. The molecule has 7 heteroatoms. The second-order valence-corrected chi connectivity index (χ2v) is 5.53. The van der Waals surface area contributed by atoms with Gasteiger partial charge < -0.3 is 15.8 Å². The minimum atomic E-state index is -2.89. The Balaban J connectivity index is 0.00000242. The van der Waals surface area contributed by atoms with Crippen molar-refractivity contribution in [1.29, 1.82) is 0 Å². The van der Waals surface area contributed by atoms with Crippen LogP contribution in [-0.4, -0.2) is 18.1 Å². The maximum absolute atomic E-state index is 12.3. The van der Waals surface area contributed by atoms with Gasteiger partial charge in [0.25, 0.3) is 0 Å². The summed E-state index contributed by atoms with van der Waals surface area (Å²) in [6, 6.07) is 4.67. The van der Waals surface area contributed by atoms with Crippen molar-refractivity contribution in [3.05, 3.63) is 23.8 Å². The topological polar surface area (TPSA) is 64.4 Å². The lowest BCUT2D eigenvalue weighted by Gasteiger charge is -2.31. The van der Waals surface area contributed by atoms with Crippen molar-refractivity contribution in [3.8, 4) is 5.75 Å². The molecule has 0 aromatic heterocycles. The van der Waals surface area contributed by atoms with Crippen molar-refractivity contribution >= 4 is 24.0 Å². The molecule has 2 rings (SSSR count). The molecular weight excluding hydrogens is 314 g/mol. The van der Waals surface area contributed by atoms with E-state index in [4.69, 9.17) is 5.73 Å². The Morgan fingerprint density at radius 3 is 2.55 bits per heavy atom. The number of carbonyl (C=O) groups excluding carboxylic acids is 1. The molecule has 1 fully saturated rings. The number of alkyl halides is 2. The summed E-state index contributed by atoms with van der Waals surface area (Å²) in [6.45, 7) is -1.23. The fraction of sp³-hybridized carbons (Fsp3) is 0.533. The van der Waals surface area contributed by atoms with Crippen LogP contribution in [0.3, 0.4) is 0 Å². The van der Waals surface area contributed by atoms with E-state index < -0.39 is 12.2 Å². The average Bonchev–Trinajstić information content (AvgIpc) is 2.43. The molecule has 0 atom stereocenters. The number of aryl methyl sites for hydroxylation is 1. The van der Waals surface area contributed by atoms with Crippen molar-refractivity contribution in [2.24, 2.45) is 5.73 Å². The van der Waals surface area contributed by atoms with Gasteiger partial charge in [-0.1, -0.05) is 25.3 Å². The molecular formula is C15H21ClF2N2O2. The van der Waals surface area contributed by atoms with E-state index >= 15 is 0 Å². The molecule has 1 aliphatic carbocycles. The van der Waals surface area contributed by atoms with Gasteiger partial charge in [-0.2, -0.15) is 8.78 Å². The Morgan fingerprint density at radius 2 is 1.95 bits per heavy atom. The van der Waals surface area contributed by atoms with Crippen molar-refractivity contribution in [3.63, 3.8) is 0 Å². The largest absolute Gasteiger partial charge is 0.434 e. The molecule has 0 saturated heterocycles. The van der Waals surface area contributed by atoms with Gasteiger partial charge in [-0.05, 0) is 31.4 Å². The smallest absolute Gasteiger partial charge is 0.387 e. The summed E-state index contributed by atoms with van der Waals surface area (Å²) >= 11 is 0. The number of anilines is 1. The molecule has 1 amide bonds. The van der Waals surface area contributed by atoms with E-state index in [2.05, 4.69) is 10.1 Å². The van der Waals surface area contributed by atoms with Gasteiger partial charge in [-0.3, -0.25) is 4.79 Å². The van der Waals surface area contributed by atoms with Gasteiger partial charge in [-0.25, -0.2) is 0 Å². The quantitative estimate of drug-likeness (QED) is 0.884. The summed E-state index contributed by atoms with van der Waals surface area (Å²) < 4.78 is 29.1. The number of rotatable bonds is 4. The van der Waals surface area contributed by atoms with Crippen LogP contribution < -0.4 is 15.8 Å². The van der Waals surface area contributed by atoms with Crippen molar-refractivity contribution < 1.29 is 18.3 Å². The van der Waals surface area contributed by atoms with Crippen LogP contribution in [0.5, 0.6) is 5.75 Å². The first kappa shape index (κ1) is 18.6. The number of ether oxygens (including phenoxy) is 1. The van der Waals surface area contributed by atoms with Crippen LogP contribution in [0.2, 0.25) is 0 Å². The molecule has 22 heavy (non-hydrogen) atoms. The summed E-state index contributed by atoms with van der Waals surface area (Å²) in [5, 5.41) is 2.70. The van der Waals surface area contributed by atoms with E-state index in [1.807, 2.05) is 0 Å². The normalized spacial score (nSPS) is 16.8. The lowest BCUT2D eigenvalue weighted by atomic mass is 9.82.